The van der Waals surface area contributed by atoms with Crippen LogP contribution in [0.15, 0.2) is 36.7 Å². The minimum absolute atomic E-state index is 0.300. The van der Waals surface area contributed by atoms with E-state index < -0.39 is 11.6 Å². The van der Waals surface area contributed by atoms with Gasteiger partial charge in [0.15, 0.2) is 0 Å². The van der Waals surface area contributed by atoms with Gasteiger partial charge in [-0.25, -0.2) is 8.78 Å². The van der Waals surface area contributed by atoms with E-state index in [2.05, 4.69) is 4.98 Å². The lowest BCUT2D eigenvalue weighted by Gasteiger charge is -2.13. The molecule has 1 unspecified atom stereocenters. The van der Waals surface area contributed by atoms with Crippen molar-refractivity contribution in [3.05, 3.63) is 59.4 Å². The summed E-state index contributed by atoms with van der Waals surface area (Å²) in [6, 6.07) is 4.90. The first-order valence-electron chi connectivity index (χ1n) is 5.94. The molecule has 0 saturated carbocycles. The van der Waals surface area contributed by atoms with Crippen molar-refractivity contribution in [3.63, 3.8) is 0 Å². The molecule has 1 atom stereocenters. The zero-order chi connectivity index (χ0) is 13.8. The lowest BCUT2D eigenvalue weighted by molar-refractivity contribution is 0.558. The van der Waals surface area contributed by atoms with E-state index in [4.69, 9.17) is 11.5 Å². The first-order valence-corrected chi connectivity index (χ1v) is 5.94. The summed E-state index contributed by atoms with van der Waals surface area (Å²) in [7, 11) is 0. The Kier molecular flexibility index (Phi) is 4.06. The Morgan fingerprint density at radius 1 is 1.11 bits per heavy atom. The first-order chi connectivity index (χ1) is 9.06. The van der Waals surface area contributed by atoms with Crippen molar-refractivity contribution in [2.75, 3.05) is 5.73 Å². The average Bonchev–Trinajstić information content (AvgIpc) is 2.36. The van der Waals surface area contributed by atoms with E-state index in [0.29, 0.717) is 24.1 Å². The number of nitrogens with zero attached hydrogens (tertiary/aromatic N) is 1. The highest BCUT2D eigenvalue weighted by molar-refractivity contribution is 5.44. The van der Waals surface area contributed by atoms with Gasteiger partial charge in [0.2, 0.25) is 0 Å². The van der Waals surface area contributed by atoms with Crippen molar-refractivity contribution in [2.45, 2.75) is 18.9 Å². The van der Waals surface area contributed by atoms with Gasteiger partial charge in [-0.2, -0.15) is 0 Å². The van der Waals surface area contributed by atoms with Crippen LogP contribution in [0.1, 0.15) is 11.1 Å². The molecule has 100 valence electrons. The monoisotopic (exact) mass is 263 g/mol. The van der Waals surface area contributed by atoms with E-state index in [1.54, 1.807) is 18.5 Å². The van der Waals surface area contributed by atoms with Crippen molar-refractivity contribution in [2.24, 2.45) is 5.73 Å². The highest BCUT2D eigenvalue weighted by Crippen LogP contribution is 2.15. The summed E-state index contributed by atoms with van der Waals surface area (Å²) in [6.07, 6.45) is 4.07. The first kappa shape index (κ1) is 13.4. The maximum atomic E-state index is 13.5. The van der Waals surface area contributed by atoms with E-state index in [1.165, 1.54) is 12.1 Å². The highest BCUT2D eigenvalue weighted by Gasteiger charge is 2.11. The van der Waals surface area contributed by atoms with Gasteiger partial charge < -0.3 is 11.5 Å². The Hall–Kier alpha value is -2.01. The number of pyridine rings is 1. The van der Waals surface area contributed by atoms with Crippen molar-refractivity contribution in [1.82, 2.24) is 4.98 Å². The number of benzene rings is 1. The summed E-state index contributed by atoms with van der Waals surface area (Å²) in [5.74, 6) is -1.17. The number of rotatable bonds is 4. The zero-order valence-corrected chi connectivity index (χ0v) is 10.3. The number of hydrogen-bond acceptors (Lipinski definition) is 3. The van der Waals surface area contributed by atoms with Crippen LogP contribution in [0, 0.1) is 11.6 Å². The molecular formula is C14H15F2N3. The minimum atomic E-state index is -0.591. The summed E-state index contributed by atoms with van der Waals surface area (Å²) in [5, 5.41) is 0. The summed E-state index contributed by atoms with van der Waals surface area (Å²) in [6.45, 7) is 0. The maximum Gasteiger partial charge on any atom is 0.129 e. The van der Waals surface area contributed by atoms with Crippen LogP contribution >= 0.6 is 0 Å². The Morgan fingerprint density at radius 2 is 1.84 bits per heavy atom. The molecule has 19 heavy (non-hydrogen) atoms. The third-order valence-corrected chi connectivity index (χ3v) is 2.92. The molecule has 3 nitrogen and oxygen atoms in total. The normalized spacial score (nSPS) is 12.4. The summed E-state index contributed by atoms with van der Waals surface area (Å²) in [4.78, 5) is 3.98. The van der Waals surface area contributed by atoms with Gasteiger partial charge >= 0.3 is 0 Å². The molecule has 5 heteroatoms. The molecule has 1 aromatic carbocycles. The van der Waals surface area contributed by atoms with Crippen LogP contribution in [0.3, 0.4) is 0 Å². The molecule has 0 aliphatic heterocycles. The molecule has 4 N–H and O–H groups in total. The Labute approximate surface area is 110 Å². The molecule has 2 aromatic rings. The van der Waals surface area contributed by atoms with Crippen LogP contribution in [0.2, 0.25) is 0 Å². The largest absolute Gasteiger partial charge is 0.398 e. The molecule has 0 fully saturated rings. The van der Waals surface area contributed by atoms with Crippen LogP contribution < -0.4 is 11.5 Å². The fourth-order valence-corrected chi connectivity index (χ4v) is 1.93. The topological polar surface area (TPSA) is 64.9 Å². The number of aromatic nitrogens is 1. The fraction of sp³-hybridized carbons (Fsp3) is 0.214. The standard InChI is InChI=1S/C14H15F2N3/c15-11-2-1-9(13(16)7-11)5-12(17)6-10-8-19-4-3-14(10)18/h1-4,7-8,12H,5-6,17H2,(H2,18,19). The predicted octanol–water partition coefficient (Wildman–Crippen LogP) is 2.05. The molecule has 0 saturated heterocycles. The summed E-state index contributed by atoms with van der Waals surface area (Å²) >= 11 is 0. The van der Waals surface area contributed by atoms with Gasteiger partial charge in [0.05, 0.1) is 0 Å². The predicted molar refractivity (Wildman–Crippen MR) is 70.4 cm³/mol. The molecule has 1 heterocycles. The Bertz CT molecular complexity index is 572. The van der Waals surface area contributed by atoms with Gasteiger partial charge in [0.1, 0.15) is 11.6 Å². The van der Waals surface area contributed by atoms with Crippen LogP contribution in [0.5, 0.6) is 0 Å². The molecular weight excluding hydrogens is 248 g/mol. The molecule has 0 aliphatic carbocycles. The number of anilines is 1. The zero-order valence-electron chi connectivity index (χ0n) is 10.3. The van der Waals surface area contributed by atoms with Crippen LogP contribution in [-0.2, 0) is 12.8 Å². The molecule has 0 amide bonds. The summed E-state index contributed by atoms with van der Waals surface area (Å²) < 4.78 is 26.3. The van der Waals surface area contributed by atoms with Gasteiger partial charge in [-0.3, -0.25) is 4.98 Å². The molecule has 0 spiro atoms. The second-order valence-electron chi connectivity index (χ2n) is 4.48. The van der Waals surface area contributed by atoms with Gasteiger partial charge in [0, 0.05) is 30.2 Å². The quantitative estimate of drug-likeness (QED) is 0.887. The van der Waals surface area contributed by atoms with E-state index in [-0.39, 0.29) is 6.04 Å². The lowest BCUT2D eigenvalue weighted by atomic mass is 9.99. The van der Waals surface area contributed by atoms with Crippen molar-refractivity contribution in [3.8, 4) is 0 Å². The molecule has 0 radical (unpaired) electrons. The third-order valence-electron chi connectivity index (χ3n) is 2.92. The van der Waals surface area contributed by atoms with Crippen molar-refractivity contribution >= 4 is 5.69 Å². The van der Waals surface area contributed by atoms with E-state index in [1.807, 2.05) is 0 Å². The second kappa shape index (κ2) is 5.75. The lowest BCUT2D eigenvalue weighted by Crippen LogP contribution is -2.26. The third kappa shape index (κ3) is 3.48. The van der Waals surface area contributed by atoms with Crippen molar-refractivity contribution < 1.29 is 8.78 Å². The average molecular weight is 263 g/mol. The molecule has 2 rings (SSSR count). The van der Waals surface area contributed by atoms with Gasteiger partial charge in [-0.1, -0.05) is 6.07 Å². The fourth-order valence-electron chi connectivity index (χ4n) is 1.93. The SMILES string of the molecule is Nc1ccncc1CC(N)Cc1ccc(F)cc1F. The number of nitrogen functional groups attached to an aromatic ring is 1. The van der Waals surface area contributed by atoms with Gasteiger partial charge in [-0.15, -0.1) is 0 Å². The van der Waals surface area contributed by atoms with Crippen LogP contribution in [0.4, 0.5) is 14.5 Å². The molecule has 1 aromatic heterocycles. The Balaban J connectivity index is 2.05. The second-order valence-corrected chi connectivity index (χ2v) is 4.48. The number of nitrogens with two attached hydrogens (primary N) is 2. The van der Waals surface area contributed by atoms with Crippen LogP contribution in [0.25, 0.3) is 0 Å². The van der Waals surface area contributed by atoms with Crippen LogP contribution in [-0.4, -0.2) is 11.0 Å². The maximum absolute atomic E-state index is 13.5. The number of hydrogen-bond donors (Lipinski definition) is 2. The highest BCUT2D eigenvalue weighted by atomic mass is 19.1. The van der Waals surface area contributed by atoms with E-state index in [9.17, 15) is 8.78 Å². The minimum Gasteiger partial charge on any atom is -0.398 e. The van der Waals surface area contributed by atoms with E-state index in [0.717, 1.165) is 11.6 Å². The molecule has 0 aliphatic rings. The number of halogens is 2. The van der Waals surface area contributed by atoms with Gasteiger partial charge in [-0.05, 0) is 36.1 Å². The van der Waals surface area contributed by atoms with E-state index >= 15 is 0 Å². The van der Waals surface area contributed by atoms with Gasteiger partial charge in [0.25, 0.3) is 0 Å². The molecule has 0 bridgehead atoms. The Morgan fingerprint density at radius 3 is 2.53 bits per heavy atom. The smallest absolute Gasteiger partial charge is 0.129 e. The summed E-state index contributed by atoms with van der Waals surface area (Å²) in [5.41, 5.74) is 13.6. The van der Waals surface area contributed by atoms with Crippen molar-refractivity contribution in [1.29, 1.82) is 0 Å².